The fourth-order valence-electron chi connectivity index (χ4n) is 1.61. The molecule has 7 heteroatoms. The van der Waals surface area contributed by atoms with Gasteiger partial charge in [-0.15, -0.1) is 0 Å². The van der Waals surface area contributed by atoms with E-state index in [1.807, 2.05) is 6.92 Å². The quantitative estimate of drug-likeness (QED) is 0.524. The van der Waals surface area contributed by atoms with Gasteiger partial charge in [-0.1, -0.05) is 29.3 Å². The fraction of sp³-hybridized carbons (Fsp3) is 0.143. The lowest BCUT2D eigenvalue weighted by Crippen LogP contribution is -2.28. The summed E-state index contributed by atoms with van der Waals surface area (Å²) < 4.78 is 0.713. The van der Waals surface area contributed by atoms with Gasteiger partial charge in [-0.2, -0.15) is 4.73 Å². The smallest absolute Gasteiger partial charge is 0.251 e. The monoisotopic (exact) mass is 342 g/mol. The number of amides is 1. The maximum absolute atomic E-state index is 12.0. The number of nitrogens with one attached hydrogen (secondary N) is 1. The van der Waals surface area contributed by atoms with E-state index in [1.165, 1.54) is 6.20 Å². The van der Waals surface area contributed by atoms with Crippen molar-refractivity contribution in [3.05, 3.63) is 57.3 Å². The van der Waals surface area contributed by atoms with Crippen LogP contribution in [0, 0.1) is 12.1 Å². The van der Waals surface area contributed by atoms with Crippen molar-refractivity contribution in [3.63, 3.8) is 0 Å². The van der Waals surface area contributed by atoms with E-state index in [0.717, 1.165) is 17.3 Å². The van der Waals surface area contributed by atoms with E-state index in [9.17, 15) is 10.0 Å². The van der Waals surface area contributed by atoms with Gasteiger partial charge in [0.25, 0.3) is 5.03 Å². The molecule has 0 radical (unpaired) electrons. The molecule has 110 valence electrons. The molecule has 1 aromatic carbocycles. The third kappa shape index (κ3) is 4.03. The van der Waals surface area contributed by atoms with E-state index in [4.69, 9.17) is 23.2 Å². The Hall–Kier alpha value is -1.43. The first-order valence-electron chi connectivity index (χ1n) is 6.04. The van der Waals surface area contributed by atoms with Gasteiger partial charge in [0.2, 0.25) is 5.91 Å². The normalized spacial score (nSPS) is 10.4. The predicted octanol–water partition coefficient (Wildman–Crippen LogP) is 3.67. The van der Waals surface area contributed by atoms with Gasteiger partial charge in [0.15, 0.2) is 6.20 Å². The number of nitrogens with zero attached hydrogens (tertiary/aromatic N) is 1. The third-order valence-electron chi connectivity index (χ3n) is 2.69. The minimum Gasteiger partial charge on any atom is -0.618 e. The lowest BCUT2D eigenvalue weighted by Gasteiger charge is -2.10. The second kappa shape index (κ2) is 7.02. The van der Waals surface area contributed by atoms with Gasteiger partial charge in [-0.25, -0.2) is 0 Å². The van der Waals surface area contributed by atoms with E-state index in [2.05, 4.69) is 5.32 Å². The van der Waals surface area contributed by atoms with Gasteiger partial charge in [0.1, 0.15) is 0 Å². The minimum atomic E-state index is -0.279. The Kier molecular flexibility index (Phi) is 5.33. The molecule has 0 aliphatic heterocycles. The molecule has 0 aliphatic rings. The van der Waals surface area contributed by atoms with Crippen molar-refractivity contribution in [2.45, 2.75) is 11.9 Å². The summed E-state index contributed by atoms with van der Waals surface area (Å²) in [5, 5.41) is 15.4. The van der Waals surface area contributed by atoms with E-state index >= 15 is 0 Å². The molecule has 0 spiro atoms. The zero-order chi connectivity index (χ0) is 15.4. The highest BCUT2D eigenvalue weighted by Gasteiger charge is 2.13. The highest BCUT2D eigenvalue weighted by molar-refractivity contribution is 7.99. The number of hydrogen-bond acceptors (Lipinski definition) is 3. The van der Waals surface area contributed by atoms with Gasteiger partial charge in [0, 0.05) is 12.1 Å². The Balaban J connectivity index is 2.03. The van der Waals surface area contributed by atoms with Crippen molar-refractivity contribution in [2.75, 3.05) is 11.1 Å². The molecule has 1 amide bonds. The zero-order valence-corrected chi connectivity index (χ0v) is 13.4. The molecule has 0 unspecified atom stereocenters. The second-order valence-corrected chi connectivity index (χ2v) is 6.04. The lowest BCUT2D eigenvalue weighted by molar-refractivity contribution is -0.645. The van der Waals surface area contributed by atoms with E-state index < -0.39 is 0 Å². The van der Waals surface area contributed by atoms with E-state index in [0.29, 0.717) is 25.5 Å². The summed E-state index contributed by atoms with van der Waals surface area (Å²) in [6, 6.07) is 8.47. The van der Waals surface area contributed by atoms with Crippen LogP contribution >= 0.6 is 35.0 Å². The molecule has 1 aromatic heterocycles. The van der Waals surface area contributed by atoms with Crippen LogP contribution in [-0.2, 0) is 4.79 Å². The van der Waals surface area contributed by atoms with Crippen molar-refractivity contribution in [2.24, 2.45) is 0 Å². The molecule has 2 aromatic rings. The molecule has 0 aliphatic carbocycles. The SMILES string of the molecule is Cc1ccc(Cl)c(NC(=O)CSc2cccc[n+]2[O-])c1Cl. The molecule has 1 heterocycles. The average Bonchev–Trinajstić information content (AvgIpc) is 2.47. The number of benzene rings is 1. The maximum atomic E-state index is 12.0. The summed E-state index contributed by atoms with van der Waals surface area (Å²) in [5.41, 5.74) is 1.22. The molecule has 0 bridgehead atoms. The van der Waals surface area contributed by atoms with Gasteiger partial charge < -0.3 is 10.5 Å². The molecular weight excluding hydrogens is 331 g/mol. The molecule has 4 nitrogen and oxygen atoms in total. The van der Waals surface area contributed by atoms with Crippen LogP contribution in [0.4, 0.5) is 5.69 Å². The molecular formula is C14H12Cl2N2O2S. The topological polar surface area (TPSA) is 56.0 Å². The number of aryl methyl sites for hydroxylation is 1. The van der Waals surface area contributed by atoms with Crippen molar-refractivity contribution in [1.29, 1.82) is 0 Å². The molecule has 21 heavy (non-hydrogen) atoms. The second-order valence-electron chi connectivity index (χ2n) is 4.25. The average molecular weight is 343 g/mol. The Labute approximate surface area is 136 Å². The Morgan fingerprint density at radius 3 is 2.81 bits per heavy atom. The van der Waals surface area contributed by atoms with Crippen LogP contribution in [0.2, 0.25) is 10.0 Å². The molecule has 0 saturated heterocycles. The Morgan fingerprint density at radius 2 is 2.10 bits per heavy atom. The van der Waals surface area contributed by atoms with Crippen LogP contribution in [0.25, 0.3) is 0 Å². The number of thioether (sulfide) groups is 1. The van der Waals surface area contributed by atoms with Crippen LogP contribution in [0.3, 0.4) is 0 Å². The maximum Gasteiger partial charge on any atom is 0.251 e. The standard InChI is InChI=1S/C14H12Cl2N2O2S/c1-9-5-6-10(15)14(13(9)16)17-11(19)8-21-12-4-2-3-7-18(12)20/h2-7H,8H2,1H3,(H,17,19). The minimum absolute atomic E-state index is 0.0901. The van der Waals surface area contributed by atoms with E-state index in [1.54, 1.807) is 30.3 Å². The lowest BCUT2D eigenvalue weighted by atomic mass is 10.2. The summed E-state index contributed by atoms with van der Waals surface area (Å²) >= 11 is 13.3. The van der Waals surface area contributed by atoms with Crippen molar-refractivity contribution in [1.82, 2.24) is 0 Å². The van der Waals surface area contributed by atoms with Crippen LogP contribution in [-0.4, -0.2) is 11.7 Å². The van der Waals surface area contributed by atoms with Crippen molar-refractivity contribution < 1.29 is 9.52 Å². The summed E-state index contributed by atoms with van der Waals surface area (Å²) in [5.74, 6) is -0.189. The number of pyridine rings is 1. The first-order chi connectivity index (χ1) is 9.99. The molecule has 0 saturated carbocycles. The molecule has 2 rings (SSSR count). The van der Waals surface area contributed by atoms with Crippen LogP contribution in [0.1, 0.15) is 5.56 Å². The van der Waals surface area contributed by atoms with Gasteiger partial charge in [-0.3, -0.25) is 4.79 Å². The summed E-state index contributed by atoms with van der Waals surface area (Å²) in [6.45, 7) is 1.83. The highest BCUT2D eigenvalue weighted by Crippen LogP contribution is 2.33. The van der Waals surface area contributed by atoms with Crippen LogP contribution in [0.15, 0.2) is 41.6 Å². The first-order valence-corrected chi connectivity index (χ1v) is 7.78. The van der Waals surface area contributed by atoms with Gasteiger partial charge >= 0.3 is 0 Å². The largest absolute Gasteiger partial charge is 0.618 e. The first kappa shape index (κ1) is 15.9. The highest BCUT2D eigenvalue weighted by atomic mass is 35.5. The fourth-order valence-corrected chi connectivity index (χ4v) is 2.79. The van der Waals surface area contributed by atoms with Gasteiger partial charge in [0.05, 0.1) is 21.5 Å². The molecule has 1 N–H and O–H groups in total. The number of hydrogen-bond donors (Lipinski definition) is 1. The third-order valence-corrected chi connectivity index (χ3v) is 4.51. The Morgan fingerprint density at radius 1 is 1.33 bits per heavy atom. The number of carbonyl (C=O) groups excluding carboxylic acids is 1. The number of rotatable bonds is 4. The zero-order valence-electron chi connectivity index (χ0n) is 11.1. The number of anilines is 1. The number of halogens is 2. The van der Waals surface area contributed by atoms with Crippen LogP contribution < -0.4 is 10.0 Å². The van der Waals surface area contributed by atoms with E-state index in [-0.39, 0.29) is 11.7 Å². The summed E-state index contributed by atoms with van der Waals surface area (Å²) in [6.07, 6.45) is 1.38. The number of carbonyl (C=O) groups is 1. The molecule has 0 fully saturated rings. The van der Waals surface area contributed by atoms with Gasteiger partial charge in [-0.05, 0) is 36.4 Å². The van der Waals surface area contributed by atoms with Crippen molar-refractivity contribution >= 4 is 46.6 Å². The number of aromatic nitrogens is 1. The summed E-state index contributed by atoms with van der Waals surface area (Å²) in [7, 11) is 0. The van der Waals surface area contributed by atoms with Crippen LogP contribution in [0.5, 0.6) is 0 Å². The Bertz CT molecular complexity index is 680. The molecule has 0 atom stereocenters. The van der Waals surface area contributed by atoms with Crippen molar-refractivity contribution in [3.8, 4) is 0 Å². The summed E-state index contributed by atoms with van der Waals surface area (Å²) in [4.78, 5) is 12.0. The predicted molar refractivity (Wildman–Crippen MR) is 86.0 cm³/mol.